The Morgan fingerprint density at radius 3 is 3.00 bits per heavy atom. The number of fused-ring (bicyclic) bond motifs is 1. The van der Waals surface area contributed by atoms with Gasteiger partial charge in [-0.15, -0.1) is 0 Å². The zero-order chi connectivity index (χ0) is 18.8. The van der Waals surface area contributed by atoms with Crippen LogP contribution in [0.15, 0.2) is 48.7 Å². The summed E-state index contributed by atoms with van der Waals surface area (Å²) in [6.45, 7) is 3.93. The SMILES string of the molecule is CCN1Cc2cc(OCc3c[nH]nc3-c3cccc(F)c3)ccc2C1C=O. The summed E-state index contributed by atoms with van der Waals surface area (Å²) in [7, 11) is 0. The van der Waals surface area contributed by atoms with Crippen molar-refractivity contribution in [2.45, 2.75) is 26.1 Å². The molecule has 0 saturated carbocycles. The Morgan fingerprint density at radius 2 is 2.22 bits per heavy atom. The highest BCUT2D eigenvalue weighted by atomic mass is 19.1. The van der Waals surface area contributed by atoms with E-state index in [2.05, 4.69) is 15.1 Å². The Morgan fingerprint density at radius 1 is 1.33 bits per heavy atom. The van der Waals surface area contributed by atoms with E-state index in [1.807, 2.05) is 31.2 Å². The minimum Gasteiger partial charge on any atom is -0.489 e. The summed E-state index contributed by atoms with van der Waals surface area (Å²) < 4.78 is 19.4. The lowest BCUT2D eigenvalue weighted by molar-refractivity contribution is -0.112. The standard InChI is InChI=1S/C21H20FN3O2/c1-2-25-11-15-9-18(6-7-19(15)20(25)12-26)27-13-16-10-23-24-21(16)14-4-3-5-17(22)8-14/h3-10,12,20H,2,11,13H2,1H3,(H,23,24). The van der Waals surface area contributed by atoms with Crippen LogP contribution in [0.1, 0.15) is 29.7 Å². The summed E-state index contributed by atoms with van der Waals surface area (Å²) in [5, 5.41) is 7.05. The number of hydrogen-bond acceptors (Lipinski definition) is 4. The van der Waals surface area contributed by atoms with E-state index in [-0.39, 0.29) is 11.9 Å². The maximum Gasteiger partial charge on any atom is 0.141 e. The first-order chi connectivity index (χ1) is 13.2. The second-order valence-corrected chi connectivity index (χ2v) is 6.56. The number of aromatic amines is 1. The van der Waals surface area contributed by atoms with Crippen LogP contribution in [0.4, 0.5) is 4.39 Å². The molecule has 1 atom stereocenters. The number of aromatic nitrogens is 2. The number of aldehydes is 1. The van der Waals surface area contributed by atoms with E-state index < -0.39 is 0 Å². The number of nitrogens with zero attached hydrogens (tertiary/aromatic N) is 2. The molecule has 1 aliphatic rings. The monoisotopic (exact) mass is 365 g/mol. The normalized spacial score (nSPS) is 16.3. The van der Waals surface area contributed by atoms with Crippen LogP contribution in [-0.4, -0.2) is 27.9 Å². The van der Waals surface area contributed by atoms with Crippen molar-refractivity contribution < 1.29 is 13.9 Å². The van der Waals surface area contributed by atoms with Gasteiger partial charge >= 0.3 is 0 Å². The molecule has 1 aliphatic heterocycles. The molecule has 5 nitrogen and oxygen atoms in total. The second kappa shape index (κ2) is 7.32. The van der Waals surface area contributed by atoms with Gasteiger partial charge in [-0.05, 0) is 41.9 Å². The van der Waals surface area contributed by atoms with Gasteiger partial charge in [0.25, 0.3) is 0 Å². The van der Waals surface area contributed by atoms with Gasteiger partial charge in [0.1, 0.15) is 24.5 Å². The molecule has 4 rings (SSSR count). The van der Waals surface area contributed by atoms with Crippen LogP contribution in [0.5, 0.6) is 5.75 Å². The fraction of sp³-hybridized carbons (Fsp3) is 0.238. The van der Waals surface area contributed by atoms with E-state index in [0.29, 0.717) is 17.9 Å². The minimum atomic E-state index is -0.300. The molecule has 0 radical (unpaired) electrons. The summed E-state index contributed by atoms with van der Waals surface area (Å²) in [6.07, 6.45) is 2.75. The highest BCUT2D eigenvalue weighted by molar-refractivity contribution is 5.65. The number of nitrogens with one attached hydrogen (secondary N) is 1. The number of halogens is 1. The molecule has 0 fully saturated rings. The maximum atomic E-state index is 13.5. The average molecular weight is 365 g/mol. The van der Waals surface area contributed by atoms with Crippen LogP contribution in [0.3, 0.4) is 0 Å². The highest BCUT2D eigenvalue weighted by Gasteiger charge is 2.28. The summed E-state index contributed by atoms with van der Waals surface area (Å²) in [6, 6.07) is 12.0. The number of carbonyl (C=O) groups is 1. The van der Waals surface area contributed by atoms with Gasteiger partial charge in [-0.3, -0.25) is 10.00 Å². The number of ether oxygens (including phenoxy) is 1. The topological polar surface area (TPSA) is 58.2 Å². The molecular formula is C21H20FN3O2. The van der Waals surface area contributed by atoms with Gasteiger partial charge in [0.05, 0.1) is 11.7 Å². The molecule has 0 spiro atoms. The van der Waals surface area contributed by atoms with Crippen LogP contribution in [0.2, 0.25) is 0 Å². The van der Waals surface area contributed by atoms with Crippen LogP contribution in [0.25, 0.3) is 11.3 Å². The lowest BCUT2D eigenvalue weighted by Crippen LogP contribution is -2.22. The van der Waals surface area contributed by atoms with Crippen molar-refractivity contribution in [3.63, 3.8) is 0 Å². The van der Waals surface area contributed by atoms with Crippen molar-refractivity contribution in [3.8, 4) is 17.0 Å². The van der Waals surface area contributed by atoms with Crippen molar-refractivity contribution in [2.75, 3.05) is 6.54 Å². The van der Waals surface area contributed by atoms with E-state index in [0.717, 1.165) is 41.8 Å². The van der Waals surface area contributed by atoms with Crippen LogP contribution in [-0.2, 0) is 17.9 Å². The first-order valence-electron chi connectivity index (χ1n) is 8.93. The first-order valence-corrected chi connectivity index (χ1v) is 8.93. The van der Waals surface area contributed by atoms with Crippen LogP contribution < -0.4 is 4.74 Å². The van der Waals surface area contributed by atoms with E-state index in [1.165, 1.54) is 12.1 Å². The third-order valence-electron chi connectivity index (χ3n) is 4.95. The van der Waals surface area contributed by atoms with Crippen molar-refractivity contribution >= 4 is 6.29 Å². The lowest BCUT2D eigenvalue weighted by atomic mass is 10.1. The third kappa shape index (κ3) is 3.36. The number of likely N-dealkylation sites (N-methyl/N-ethyl adjacent to an activating group) is 1. The number of hydrogen-bond donors (Lipinski definition) is 1. The first kappa shape index (κ1) is 17.4. The molecule has 2 heterocycles. The van der Waals surface area contributed by atoms with E-state index in [4.69, 9.17) is 4.74 Å². The molecule has 1 N–H and O–H groups in total. The number of H-pyrrole nitrogens is 1. The molecule has 3 aromatic rings. The number of carbonyl (C=O) groups excluding carboxylic acids is 1. The molecular weight excluding hydrogens is 345 g/mol. The summed E-state index contributed by atoms with van der Waals surface area (Å²) in [5.41, 5.74) is 4.39. The number of benzene rings is 2. The molecule has 6 heteroatoms. The Bertz CT molecular complexity index is 970. The zero-order valence-corrected chi connectivity index (χ0v) is 15.0. The fourth-order valence-electron chi connectivity index (χ4n) is 3.55. The fourth-order valence-corrected chi connectivity index (χ4v) is 3.55. The van der Waals surface area contributed by atoms with Gasteiger partial charge in [-0.1, -0.05) is 25.1 Å². The third-order valence-corrected chi connectivity index (χ3v) is 4.95. The highest BCUT2D eigenvalue weighted by Crippen LogP contribution is 2.34. The van der Waals surface area contributed by atoms with E-state index in [9.17, 15) is 9.18 Å². The summed E-state index contributed by atoms with van der Waals surface area (Å²) in [4.78, 5) is 13.5. The zero-order valence-electron chi connectivity index (χ0n) is 15.0. The molecule has 0 saturated heterocycles. The molecule has 27 heavy (non-hydrogen) atoms. The molecule has 0 bridgehead atoms. The molecule has 0 amide bonds. The Balaban J connectivity index is 1.51. The van der Waals surface area contributed by atoms with Crippen molar-refractivity contribution in [1.29, 1.82) is 0 Å². The molecule has 1 aromatic heterocycles. The van der Waals surface area contributed by atoms with Gasteiger partial charge in [-0.25, -0.2) is 4.39 Å². The number of rotatable bonds is 6. The van der Waals surface area contributed by atoms with E-state index in [1.54, 1.807) is 12.3 Å². The predicted molar refractivity (Wildman–Crippen MR) is 99.6 cm³/mol. The van der Waals surface area contributed by atoms with Crippen molar-refractivity contribution in [2.24, 2.45) is 0 Å². The maximum absolute atomic E-state index is 13.5. The smallest absolute Gasteiger partial charge is 0.141 e. The quantitative estimate of drug-likeness (QED) is 0.674. The Hall–Kier alpha value is -2.99. The van der Waals surface area contributed by atoms with E-state index >= 15 is 0 Å². The van der Waals surface area contributed by atoms with Gasteiger partial charge in [-0.2, -0.15) is 5.10 Å². The lowest BCUT2D eigenvalue weighted by Gasteiger charge is -2.17. The molecule has 0 aliphatic carbocycles. The second-order valence-electron chi connectivity index (χ2n) is 6.56. The van der Waals surface area contributed by atoms with Gasteiger partial charge in [0, 0.05) is 23.9 Å². The van der Waals surface area contributed by atoms with Crippen molar-refractivity contribution in [1.82, 2.24) is 15.1 Å². The predicted octanol–water partition coefficient (Wildman–Crippen LogP) is 3.87. The van der Waals surface area contributed by atoms with Gasteiger partial charge < -0.3 is 9.53 Å². The molecule has 1 unspecified atom stereocenters. The van der Waals surface area contributed by atoms with Gasteiger partial charge in [0.2, 0.25) is 0 Å². The largest absolute Gasteiger partial charge is 0.489 e. The van der Waals surface area contributed by atoms with Crippen molar-refractivity contribution in [3.05, 3.63) is 71.2 Å². The van der Waals surface area contributed by atoms with Crippen LogP contribution in [0, 0.1) is 5.82 Å². The Labute approximate surface area is 156 Å². The minimum absolute atomic E-state index is 0.174. The Kier molecular flexibility index (Phi) is 4.73. The molecule has 2 aromatic carbocycles. The summed E-state index contributed by atoms with van der Waals surface area (Å²) in [5.74, 6) is 0.439. The van der Waals surface area contributed by atoms with Gasteiger partial charge in [0.15, 0.2) is 0 Å². The van der Waals surface area contributed by atoms with Crippen LogP contribution >= 0.6 is 0 Å². The summed E-state index contributed by atoms with van der Waals surface area (Å²) >= 11 is 0. The average Bonchev–Trinajstić information content (AvgIpc) is 3.29. The molecule has 138 valence electrons.